The lowest BCUT2D eigenvalue weighted by atomic mass is 9.46. The fourth-order valence-electron chi connectivity index (χ4n) is 8.38. The van der Waals surface area contributed by atoms with Crippen LogP contribution in [-0.4, -0.2) is 28.1 Å². The quantitative estimate of drug-likeness (QED) is 0.435. The molecule has 0 aliphatic heterocycles. The van der Waals surface area contributed by atoms with Crippen LogP contribution in [0, 0.1) is 40.4 Å². The van der Waals surface area contributed by atoms with Gasteiger partial charge < -0.3 is 10.2 Å². The minimum atomic E-state index is -4.56. The highest BCUT2D eigenvalue weighted by molar-refractivity contribution is 5.27. The zero-order valence-corrected chi connectivity index (χ0v) is 20.3. The van der Waals surface area contributed by atoms with E-state index in [1.54, 1.807) is 0 Å². The molecule has 0 spiro atoms. The summed E-state index contributed by atoms with van der Waals surface area (Å²) in [5.74, 6) is 2.67. The van der Waals surface area contributed by atoms with E-state index in [0.717, 1.165) is 31.3 Å². The minimum absolute atomic E-state index is 0.170. The molecule has 0 amide bonds. The lowest BCUT2D eigenvalue weighted by molar-refractivity contribution is -0.271. The van der Waals surface area contributed by atoms with Gasteiger partial charge in [-0.25, -0.2) is 0 Å². The highest BCUT2D eigenvalue weighted by Gasteiger charge is 2.63. The number of hydrogen-bond donors (Lipinski definition) is 2. The minimum Gasteiger partial charge on any atom is -0.393 e. The van der Waals surface area contributed by atoms with Crippen molar-refractivity contribution in [1.82, 2.24) is 0 Å². The second kappa shape index (κ2) is 8.29. The first-order chi connectivity index (χ1) is 14.8. The first kappa shape index (κ1) is 24.6. The van der Waals surface area contributed by atoms with Gasteiger partial charge in [0.1, 0.15) is 0 Å². The van der Waals surface area contributed by atoms with Gasteiger partial charge in [0, 0.05) is 6.42 Å². The van der Waals surface area contributed by atoms with E-state index in [4.69, 9.17) is 0 Å². The molecule has 3 saturated carbocycles. The van der Waals surface area contributed by atoms with E-state index in [2.05, 4.69) is 33.8 Å². The van der Waals surface area contributed by atoms with Gasteiger partial charge in [-0.15, -0.1) is 0 Å². The molecule has 0 radical (unpaired) electrons. The molecule has 0 bridgehead atoms. The summed E-state index contributed by atoms with van der Waals surface area (Å²) >= 11 is 0. The maximum Gasteiger partial charge on any atom is 0.417 e. The van der Waals surface area contributed by atoms with Crippen molar-refractivity contribution >= 4 is 0 Å². The predicted molar refractivity (Wildman–Crippen MR) is 121 cm³/mol. The molecule has 2 N–H and O–H groups in total. The van der Waals surface area contributed by atoms with E-state index >= 15 is 0 Å². The van der Waals surface area contributed by atoms with Crippen LogP contribution in [0.1, 0.15) is 98.3 Å². The topological polar surface area (TPSA) is 40.5 Å². The molecule has 3 fully saturated rings. The molecule has 1 unspecified atom stereocenters. The van der Waals surface area contributed by atoms with Crippen LogP contribution in [0.15, 0.2) is 11.6 Å². The van der Waals surface area contributed by atoms with Crippen LogP contribution in [0.2, 0.25) is 0 Å². The molecular formula is C27H43F3O2. The molecule has 0 aromatic carbocycles. The lowest BCUT2D eigenvalue weighted by Crippen LogP contribution is -2.55. The number of hydrogen-bond acceptors (Lipinski definition) is 2. The Labute approximate surface area is 192 Å². The first-order valence-electron chi connectivity index (χ1n) is 13.0. The van der Waals surface area contributed by atoms with Gasteiger partial charge >= 0.3 is 6.18 Å². The van der Waals surface area contributed by atoms with Gasteiger partial charge in [0.25, 0.3) is 0 Å². The van der Waals surface area contributed by atoms with Crippen molar-refractivity contribution in [2.24, 2.45) is 40.4 Å². The fourth-order valence-corrected chi connectivity index (χ4v) is 8.38. The molecule has 0 aromatic rings. The predicted octanol–water partition coefficient (Wildman–Crippen LogP) is 7.05. The molecule has 4 aliphatic carbocycles. The molecule has 4 rings (SSSR count). The third-order valence-electron chi connectivity index (χ3n) is 10.7. The van der Waals surface area contributed by atoms with Crippen LogP contribution >= 0.6 is 0 Å². The molecule has 4 aliphatic rings. The number of alkyl halides is 3. The van der Waals surface area contributed by atoms with Crippen LogP contribution in [-0.2, 0) is 0 Å². The van der Waals surface area contributed by atoms with Crippen LogP contribution in [0.25, 0.3) is 0 Å². The van der Waals surface area contributed by atoms with Gasteiger partial charge in [0.05, 0.1) is 6.10 Å². The molecule has 0 saturated heterocycles. The maximum atomic E-state index is 13.5. The fraction of sp³-hybridized carbons (Fsp3) is 0.926. The monoisotopic (exact) mass is 456 g/mol. The van der Waals surface area contributed by atoms with Crippen molar-refractivity contribution in [1.29, 1.82) is 0 Å². The van der Waals surface area contributed by atoms with Gasteiger partial charge in [-0.3, -0.25) is 0 Å². The third-order valence-corrected chi connectivity index (χ3v) is 10.7. The average Bonchev–Trinajstić information content (AvgIpc) is 3.04. The van der Waals surface area contributed by atoms with Crippen molar-refractivity contribution in [3.05, 3.63) is 11.6 Å². The van der Waals surface area contributed by atoms with E-state index in [0.29, 0.717) is 41.4 Å². The summed E-state index contributed by atoms with van der Waals surface area (Å²) in [6.45, 7) is 8.82. The van der Waals surface area contributed by atoms with Crippen molar-refractivity contribution in [3.8, 4) is 0 Å². The van der Waals surface area contributed by atoms with Crippen LogP contribution in [0.5, 0.6) is 0 Å². The first-order valence-corrected chi connectivity index (χ1v) is 13.0. The summed E-state index contributed by atoms with van der Waals surface area (Å²) < 4.78 is 40.5. The highest BCUT2D eigenvalue weighted by Crippen LogP contribution is 2.67. The van der Waals surface area contributed by atoms with Crippen molar-refractivity contribution in [2.75, 3.05) is 0 Å². The van der Waals surface area contributed by atoms with Crippen molar-refractivity contribution < 1.29 is 23.4 Å². The van der Waals surface area contributed by atoms with Crippen LogP contribution in [0.3, 0.4) is 0 Å². The van der Waals surface area contributed by atoms with E-state index in [1.807, 2.05) is 0 Å². The molecule has 184 valence electrons. The number of allylic oxidation sites excluding steroid dienone is 1. The summed E-state index contributed by atoms with van der Waals surface area (Å²) in [6, 6.07) is 0. The molecule has 5 heteroatoms. The normalized spacial score (nSPS) is 45.1. The second-order valence-corrected chi connectivity index (χ2v) is 12.5. The Morgan fingerprint density at radius 3 is 2.44 bits per heavy atom. The smallest absolute Gasteiger partial charge is 0.393 e. The van der Waals surface area contributed by atoms with E-state index in [9.17, 15) is 23.4 Å². The van der Waals surface area contributed by atoms with Gasteiger partial charge in [0.2, 0.25) is 0 Å². The number of aliphatic hydroxyl groups excluding tert-OH is 1. The number of rotatable bonds is 5. The Hall–Kier alpha value is -0.550. The SMILES string of the molecule is CC(C)C(O)CCC[C@@H]1CC[C@H]2[C@@H]3CC=C4C[C@](O)(C(F)(F)F)CC[C@]4(C)[C@H]3CC[C@]12C. The molecule has 32 heavy (non-hydrogen) atoms. The molecular weight excluding hydrogens is 413 g/mol. The second-order valence-electron chi connectivity index (χ2n) is 12.5. The maximum absolute atomic E-state index is 13.5. The number of aliphatic hydroxyl groups is 2. The Kier molecular flexibility index (Phi) is 6.36. The van der Waals surface area contributed by atoms with Crippen LogP contribution in [0.4, 0.5) is 13.2 Å². The summed E-state index contributed by atoms with van der Waals surface area (Å²) in [6.07, 6.45) is 6.14. The summed E-state index contributed by atoms with van der Waals surface area (Å²) in [4.78, 5) is 0. The number of fused-ring (bicyclic) bond motifs is 5. The van der Waals surface area contributed by atoms with Gasteiger partial charge in [-0.05, 0) is 98.2 Å². The Bertz CT molecular complexity index is 731. The van der Waals surface area contributed by atoms with Crippen LogP contribution < -0.4 is 0 Å². The van der Waals surface area contributed by atoms with Crippen molar-refractivity contribution in [3.63, 3.8) is 0 Å². The lowest BCUT2D eigenvalue weighted by Gasteiger charge is -2.59. The Balaban J connectivity index is 1.47. The van der Waals surface area contributed by atoms with Crippen molar-refractivity contribution in [2.45, 2.75) is 116 Å². The Morgan fingerprint density at radius 2 is 1.78 bits per heavy atom. The number of halogens is 3. The molecule has 0 heterocycles. The summed E-state index contributed by atoms with van der Waals surface area (Å²) in [7, 11) is 0. The summed E-state index contributed by atoms with van der Waals surface area (Å²) in [5, 5.41) is 20.5. The average molecular weight is 457 g/mol. The summed E-state index contributed by atoms with van der Waals surface area (Å²) in [5.41, 5.74) is -1.55. The van der Waals surface area contributed by atoms with Gasteiger partial charge in [-0.1, -0.05) is 45.8 Å². The third kappa shape index (κ3) is 3.87. The zero-order chi connectivity index (χ0) is 23.5. The van der Waals surface area contributed by atoms with E-state index < -0.39 is 11.8 Å². The molecule has 8 atom stereocenters. The largest absolute Gasteiger partial charge is 0.417 e. The van der Waals surface area contributed by atoms with Gasteiger partial charge in [0.15, 0.2) is 5.60 Å². The molecule has 0 aromatic heterocycles. The van der Waals surface area contributed by atoms with E-state index in [-0.39, 0.29) is 24.4 Å². The zero-order valence-electron chi connectivity index (χ0n) is 20.3. The Morgan fingerprint density at radius 1 is 1.06 bits per heavy atom. The van der Waals surface area contributed by atoms with E-state index in [1.165, 1.54) is 25.7 Å². The standard InChI is InChI=1S/C27H43F3O2/c1-17(2)23(31)7-5-6-18-9-11-21-20-10-8-19-16-26(32,27(28,29)30)15-14-25(19,4)22(20)12-13-24(18,21)3/h8,17-18,20-23,31-32H,5-7,9-16H2,1-4H3/t18-,20+,21+,22+,23?,24-,25+,26+/m1/s1. The van der Waals surface area contributed by atoms with Gasteiger partial charge in [-0.2, -0.15) is 13.2 Å². The highest BCUT2D eigenvalue weighted by atomic mass is 19.4. The molecule has 2 nitrogen and oxygen atoms in total.